The van der Waals surface area contributed by atoms with Crippen LogP contribution in [0.2, 0.25) is 0 Å². The summed E-state index contributed by atoms with van der Waals surface area (Å²) in [5.74, 6) is -0.745. The quantitative estimate of drug-likeness (QED) is 0.828. The third-order valence-corrected chi connectivity index (χ3v) is 5.79. The fourth-order valence-electron chi connectivity index (χ4n) is 1.73. The van der Waals surface area contributed by atoms with Gasteiger partial charge in [0.15, 0.2) is 9.84 Å². The summed E-state index contributed by atoms with van der Waals surface area (Å²) < 4.78 is 24.4. The van der Waals surface area contributed by atoms with E-state index < -0.39 is 15.8 Å². The molecule has 0 amide bonds. The van der Waals surface area contributed by atoms with Crippen molar-refractivity contribution in [3.8, 4) is 0 Å². The Balaban J connectivity index is 2.05. The highest BCUT2D eigenvalue weighted by Crippen LogP contribution is 2.20. The maximum absolute atomic E-state index is 12.2. The van der Waals surface area contributed by atoms with Crippen LogP contribution in [0.4, 0.5) is 0 Å². The first kappa shape index (κ1) is 15.6. The molecule has 0 bridgehead atoms. The molecule has 21 heavy (non-hydrogen) atoms. The lowest BCUT2D eigenvalue weighted by Crippen LogP contribution is -2.10. The molecule has 4 nitrogen and oxygen atoms in total. The van der Waals surface area contributed by atoms with Crippen LogP contribution < -0.4 is 0 Å². The van der Waals surface area contributed by atoms with Crippen LogP contribution in [0.1, 0.15) is 10.4 Å². The molecule has 110 valence electrons. The van der Waals surface area contributed by atoms with Gasteiger partial charge in [-0.1, -0.05) is 24.3 Å². The van der Waals surface area contributed by atoms with Gasteiger partial charge in [0, 0.05) is 10.6 Å². The third-order valence-electron chi connectivity index (χ3n) is 2.80. The minimum Gasteiger partial charge on any atom is -0.478 e. The van der Waals surface area contributed by atoms with Crippen LogP contribution in [0.3, 0.4) is 0 Å². The molecular weight excluding hydrogens is 308 g/mol. The number of thioether (sulfide) groups is 1. The van der Waals surface area contributed by atoms with E-state index in [2.05, 4.69) is 0 Å². The highest BCUT2D eigenvalue weighted by molar-refractivity contribution is 8.00. The Kier molecular flexibility index (Phi) is 5.03. The van der Waals surface area contributed by atoms with E-state index in [9.17, 15) is 13.2 Å². The van der Waals surface area contributed by atoms with Crippen LogP contribution in [0, 0.1) is 0 Å². The molecule has 0 aliphatic rings. The SMILES string of the molecule is O=C(O)c1cccc(S(=O)(=O)CCSc2ccccc2)c1. The van der Waals surface area contributed by atoms with Crippen molar-refractivity contribution < 1.29 is 18.3 Å². The molecule has 0 atom stereocenters. The average molecular weight is 322 g/mol. The first-order valence-electron chi connectivity index (χ1n) is 6.23. The summed E-state index contributed by atoms with van der Waals surface area (Å²) in [6, 6.07) is 15.0. The summed E-state index contributed by atoms with van der Waals surface area (Å²) in [5, 5.41) is 8.90. The lowest BCUT2D eigenvalue weighted by molar-refractivity contribution is 0.0696. The summed E-state index contributed by atoms with van der Waals surface area (Å²) in [6.07, 6.45) is 0. The molecule has 6 heteroatoms. The van der Waals surface area contributed by atoms with Gasteiger partial charge in [0.2, 0.25) is 0 Å². The smallest absolute Gasteiger partial charge is 0.335 e. The van der Waals surface area contributed by atoms with Gasteiger partial charge in [-0.25, -0.2) is 13.2 Å². The fraction of sp³-hybridized carbons (Fsp3) is 0.133. The molecule has 0 aromatic heterocycles. The zero-order chi connectivity index (χ0) is 15.3. The van der Waals surface area contributed by atoms with E-state index in [0.29, 0.717) is 5.75 Å². The molecule has 0 heterocycles. The average Bonchev–Trinajstić information content (AvgIpc) is 2.48. The van der Waals surface area contributed by atoms with E-state index in [4.69, 9.17) is 5.11 Å². The zero-order valence-electron chi connectivity index (χ0n) is 11.1. The third kappa shape index (κ3) is 4.34. The highest BCUT2D eigenvalue weighted by Gasteiger charge is 2.16. The summed E-state index contributed by atoms with van der Waals surface area (Å²) in [7, 11) is -3.47. The van der Waals surface area contributed by atoms with E-state index in [1.165, 1.54) is 36.0 Å². The highest BCUT2D eigenvalue weighted by atomic mass is 32.2. The van der Waals surface area contributed by atoms with Crippen LogP contribution in [-0.2, 0) is 9.84 Å². The summed E-state index contributed by atoms with van der Waals surface area (Å²) in [5.41, 5.74) is -0.0215. The second-order valence-corrected chi connectivity index (χ2v) is 7.59. The maximum atomic E-state index is 12.2. The number of benzene rings is 2. The van der Waals surface area contributed by atoms with Gasteiger partial charge in [-0.2, -0.15) is 0 Å². The topological polar surface area (TPSA) is 71.4 Å². The maximum Gasteiger partial charge on any atom is 0.335 e. The Morgan fingerprint density at radius 3 is 2.43 bits per heavy atom. The Labute approximate surface area is 127 Å². The molecule has 0 aliphatic carbocycles. The number of aromatic carboxylic acids is 1. The summed E-state index contributed by atoms with van der Waals surface area (Å²) >= 11 is 1.46. The van der Waals surface area contributed by atoms with E-state index in [1.54, 1.807) is 0 Å². The predicted molar refractivity (Wildman–Crippen MR) is 82.6 cm³/mol. The number of sulfone groups is 1. The van der Waals surface area contributed by atoms with Crippen molar-refractivity contribution in [3.05, 3.63) is 60.2 Å². The van der Waals surface area contributed by atoms with Gasteiger partial charge in [-0.05, 0) is 30.3 Å². The summed E-state index contributed by atoms with van der Waals surface area (Å²) in [6.45, 7) is 0. The van der Waals surface area contributed by atoms with Crippen LogP contribution in [-0.4, -0.2) is 31.0 Å². The fourth-order valence-corrected chi connectivity index (χ4v) is 4.35. The van der Waals surface area contributed by atoms with Crippen LogP contribution >= 0.6 is 11.8 Å². The van der Waals surface area contributed by atoms with Gasteiger partial charge >= 0.3 is 5.97 Å². The van der Waals surface area contributed by atoms with E-state index in [0.717, 1.165) is 4.90 Å². The first-order chi connectivity index (χ1) is 9.99. The predicted octanol–water partition coefficient (Wildman–Crippen LogP) is 2.95. The number of hydrogen-bond acceptors (Lipinski definition) is 4. The van der Waals surface area contributed by atoms with Gasteiger partial charge in [0.05, 0.1) is 16.2 Å². The van der Waals surface area contributed by atoms with Crippen molar-refractivity contribution in [1.29, 1.82) is 0 Å². The number of hydrogen-bond donors (Lipinski definition) is 1. The largest absolute Gasteiger partial charge is 0.478 e. The minimum atomic E-state index is -3.47. The Morgan fingerprint density at radius 2 is 1.76 bits per heavy atom. The monoisotopic (exact) mass is 322 g/mol. The summed E-state index contributed by atoms with van der Waals surface area (Å²) in [4.78, 5) is 11.9. The lowest BCUT2D eigenvalue weighted by Gasteiger charge is -2.05. The van der Waals surface area contributed by atoms with Gasteiger partial charge in [-0.15, -0.1) is 11.8 Å². The van der Waals surface area contributed by atoms with E-state index >= 15 is 0 Å². The van der Waals surface area contributed by atoms with Gasteiger partial charge in [-0.3, -0.25) is 0 Å². The van der Waals surface area contributed by atoms with Gasteiger partial charge in [0.1, 0.15) is 0 Å². The number of rotatable bonds is 6. The lowest BCUT2D eigenvalue weighted by atomic mass is 10.2. The van der Waals surface area contributed by atoms with Crippen LogP contribution in [0.25, 0.3) is 0 Å². The molecule has 0 radical (unpaired) electrons. The van der Waals surface area contributed by atoms with Gasteiger partial charge in [0.25, 0.3) is 0 Å². The molecular formula is C15H14O4S2. The normalized spacial score (nSPS) is 11.2. The molecule has 0 spiro atoms. The van der Waals surface area contributed by atoms with Crippen molar-refractivity contribution in [2.24, 2.45) is 0 Å². The molecule has 1 N–H and O–H groups in total. The molecule has 2 aromatic rings. The molecule has 0 saturated heterocycles. The second kappa shape index (κ2) is 6.78. The molecule has 0 fully saturated rings. The molecule has 0 aliphatic heterocycles. The Hall–Kier alpha value is -1.79. The van der Waals surface area contributed by atoms with E-state index in [-0.39, 0.29) is 16.2 Å². The first-order valence-corrected chi connectivity index (χ1v) is 8.87. The zero-order valence-corrected chi connectivity index (χ0v) is 12.7. The Bertz CT molecular complexity index is 724. The molecule has 0 unspecified atom stereocenters. The number of carbonyl (C=O) groups is 1. The van der Waals surface area contributed by atoms with Crippen molar-refractivity contribution in [3.63, 3.8) is 0 Å². The number of carboxylic acid groups (broad SMARTS) is 1. The molecule has 0 saturated carbocycles. The van der Waals surface area contributed by atoms with Crippen LogP contribution in [0.15, 0.2) is 64.4 Å². The van der Waals surface area contributed by atoms with Crippen LogP contribution in [0.5, 0.6) is 0 Å². The van der Waals surface area contributed by atoms with Crippen molar-refractivity contribution in [1.82, 2.24) is 0 Å². The standard InChI is InChI=1S/C15H14O4S2/c16-15(17)12-5-4-8-14(11-12)21(18,19)10-9-20-13-6-2-1-3-7-13/h1-8,11H,9-10H2,(H,16,17). The van der Waals surface area contributed by atoms with E-state index in [1.807, 2.05) is 30.3 Å². The minimum absolute atomic E-state index is 0.0215. The van der Waals surface area contributed by atoms with Crippen molar-refractivity contribution in [2.45, 2.75) is 9.79 Å². The van der Waals surface area contributed by atoms with Crippen molar-refractivity contribution in [2.75, 3.05) is 11.5 Å². The molecule has 2 rings (SSSR count). The second-order valence-electron chi connectivity index (χ2n) is 4.31. The molecule has 2 aromatic carbocycles. The Morgan fingerprint density at radius 1 is 1.05 bits per heavy atom. The van der Waals surface area contributed by atoms with Gasteiger partial charge < -0.3 is 5.11 Å². The number of carboxylic acids is 1. The van der Waals surface area contributed by atoms with Crippen molar-refractivity contribution >= 4 is 27.6 Å².